The molecule has 1 saturated heterocycles. The first-order chi connectivity index (χ1) is 10.1. The Morgan fingerprint density at radius 1 is 1.19 bits per heavy atom. The molecule has 0 amide bonds. The van der Waals surface area contributed by atoms with Crippen LogP contribution < -0.4 is 4.90 Å². The summed E-state index contributed by atoms with van der Waals surface area (Å²) in [4.78, 5) is 2.14. The summed E-state index contributed by atoms with van der Waals surface area (Å²) in [5, 5.41) is 0. The molecule has 2 aliphatic rings. The SMILES string of the molecule is CCC(CC)c1c(F)cc(N2CCOCC23CC3)cc1F. The Morgan fingerprint density at radius 3 is 2.33 bits per heavy atom. The monoisotopic (exact) mass is 295 g/mol. The highest BCUT2D eigenvalue weighted by molar-refractivity contribution is 5.54. The molecule has 3 rings (SSSR count). The van der Waals surface area contributed by atoms with E-state index in [4.69, 9.17) is 4.74 Å². The van der Waals surface area contributed by atoms with E-state index in [-0.39, 0.29) is 17.0 Å². The molecule has 21 heavy (non-hydrogen) atoms. The number of nitrogens with zero attached hydrogens (tertiary/aromatic N) is 1. The van der Waals surface area contributed by atoms with E-state index in [1.807, 2.05) is 13.8 Å². The van der Waals surface area contributed by atoms with E-state index in [9.17, 15) is 8.78 Å². The van der Waals surface area contributed by atoms with E-state index >= 15 is 0 Å². The largest absolute Gasteiger partial charge is 0.377 e. The maximum absolute atomic E-state index is 14.5. The fourth-order valence-corrected chi connectivity index (χ4v) is 3.51. The van der Waals surface area contributed by atoms with Gasteiger partial charge in [-0.2, -0.15) is 0 Å². The molecule has 1 aromatic rings. The Balaban J connectivity index is 1.94. The topological polar surface area (TPSA) is 12.5 Å². The molecule has 1 heterocycles. The number of hydrogen-bond donors (Lipinski definition) is 0. The highest BCUT2D eigenvalue weighted by Crippen LogP contribution is 2.46. The molecule has 1 aliphatic carbocycles. The lowest BCUT2D eigenvalue weighted by Crippen LogP contribution is -2.47. The van der Waals surface area contributed by atoms with Crippen molar-refractivity contribution in [2.24, 2.45) is 0 Å². The zero-order chi connectivity index (χ0) is 15.0. The van der Waals surface area contributed by atoms with Crippen LogP contribution in [0.15, 0.2) is 12.1 Å². The van der Waals surface area contributed by atoms with Crippen molar-refractivity contribution in [3.8, 4) is 0 Å². The van der Waals surface area contributed by atoms with Gasteiger partial charge in [0.25, 0.3) is 0 Å². The zero-order valence-electron chi connectivity index (χ0n) is 12.8. The van der Waals surface area contributed by atoms with Crippen LogP contribution >= 0.6 is 0 Å². The van der Waals surface area contributed by atoms with Gasteiger partial charge in [0.1, 0.15) is 11.6 Å². The van der Waals surface area contributed by atoms with Gasteiger partial charge in [-0.1, -0.05) is 13.8 Å². The zero-order valence-corrected chi connectivity index (χ0v) is 12.8. The van der Waals surface area contributed by atoms with E-state index < -0.39 is 11.6 Å². The van der Waals surface area contributed by atoms with Crippen molar-refractivity contribution >= 4 is 5.69 Å². The number of rotatable bonds is 4. The average Bonchev–Trinajstić information content (AvgIpc) is 3.23. The van der Waals surface area contributed by atoms with Crippen molar-refractivity contribution in [1.29, 1.82) is 0 Å². The summed E-state index contributed by atoms with van der Waals surface area (Å²) >= 11 is 0. The smallest absolute Gasteiger partial charge is 0.131 e. The van der Waals surface area contributed by atoms with Crippen LogP contribution in [0.2, 0.25) is 0 Å². The minimum absolute atomic E-state index is 0.00639. The third-order valence-corrected chi connectivity index (χ3v) is 5.00. The summed E-state index contributed by atoms with van der Waals surface area (Å²) < 4.78 is 34.5. The summed E-state index contributed by atoms with van der Waals surface area (Å²) in [7, 11) is 0. The van der Waals surface area contributed by atoms with Crippen LogP contribution in [0.4, 0.5) is 14.5 Å². The average molecular weight is 295 g/mol. The van der Waals surface area contributed by atoms with E-state index in [1.54, 1.807) is 0 Å². The predicted molar refractivity (Wildman–Crippen MR) is 79.8 cm³/mol. The Hall–Kier alpha value is -1.16. The van der Waals surface area contributed by atoms with Gasteiger partial charge in [0.05, 0.1) is 18.8 Å². The van der Waals surface area contributed by atoms with Gasteiger partial charge in [-0.25, -0.2) is 8.78 Å². The summed E-state index contributed by atoms with van der Waals surface area (Å²) in [6.07, 6.45) is 3.60. The quantitative estimate of drug-likeness (QED) is 0.824. The molecular formula is C17H23F2NO. The van der Waals surface area contributed by atoms with Gasteiger partial charge in [0.2, 0.25) is 0 Å². The molecule has 0 N–H and O–H groups in total. The van der Waals surface area contributed by atoms with Crippen molar-refractivity contribution < 1.29 is 13.5 Å². The predicted octanol–water partition coefficient (Wildman–Crippen LogP) is 4.24. The lowest BCUT2D eigenvalue weighted by atomic mass is 9.92. The van der Waals surface area contributed by atoms with E-state index in [0.29, 0.717) is 25.4 Å². The van der Waals surface area contributed by atoms with Gasteiger partial charge in [-0.3, -0.25) is 0 Å². The first-order valence-corrected chi connectivity index (χ1v) is 7.95. The Bertz CT molecular complexity index is 501. The van der Waals surface area contributed by atoms with Crippen LogP contribution in [0.1, 0.15) is 51.0 Å². The van der Waals surface area contributed by atoms with E-state index in [0.717, 1.165) is 25.7 Å². The van der Waals surface area contributed by atoms with Crippen molar-refractivity contribution in [2.75, 3.05) is 24.7 Å². The van der Waals surface area contributed by atoms with E-state index in [1.165, 1.54) is 12.1 Å². The van der Waals surface area contributed by atoms with Gasteiger partial charge in [0.15, 0.2) is 0 Å². The molecule has 2 fully saturated rings. The highest BCUT2D eigenvalue weighted by atomic mass is 19.1. The summed E-state index contributed by atoms with van der Waals surface area (Å²) in [6.45, 7) is 5.96. The number of ether oxygens (including phenoxy) is 1. The first-order valence-electron chi connectivity index (χ1n) is 7.95. The molecule has 2 nitrogen and oxygen atoms in total. The van der Waals surface area contributed by atoms with Crippen molar-refractivity contribution in [3.63, 3.8) is 0 Å². The second-order valence-corrected chi connectivity index (χ2v) is 6.27. The lowest BCUT2D eigenvalue weighted by molar-refractivity contribution is 0.0864. The standard InChI is InChI=1S/C17H23F2NO/c1-3-12(4-2)16-14(18)9-13(10-15(16)19)20-7-8-21-11-17(20)5-6-17/h9-10,12H,3-8,11H2,1-2H3. The molecule has 1 aliphatic heterocycles. The van der Waals surface area contributed by atoms with Crippen LogP contribution in [-0.4, -0.2) is 25.3 Å². The number of morpholine rings is 1. The van der Waals surface area contributed by atoms with Crippen molar-refractivity contribution in [2.45, 2.75) is 51.0 Å². The fourth-order valence-electron chi connectivity index (χ4n) is 3.51. The van der Waals surface area contributed by atoms with Crippen LogP contribution in [0.3, 0.4) is 0 Å². The Labute approximate surface area is 125 Å². The molecule has 116 valence electrons. The molecule has 1 saturated carbocycles. The summed E-state index contributed by atoms with van der Waals surface area (Å²) in [5.41, 5.74) is 0.912. The third-order valence-electron chi connectivity index (χ3n) is 5.00. The fraction of sp³-hybridized carbons (Fsp3) is 0.647. The van der Waals surface area contributed by atoms with Crippen molar-refractivity contribution in [1.82, 2.24) is 0 Å². The molecule has 1 aromatic carbocycles. The summed E-state index contributed by atoms with van der Waals surface area (Å²) in [6, 6.07) is 3.03. The van der Waals surface area contributed by atoms with Crippen LogP contribution in [-0.2, 0) is 4.74 Å². The molecule has 4 heteroatoms. The molecular weight excluding hydrogens is 272 g/mol. The normalized spacial score (nSPS) is 20.3. The van der Waals surface area contributed by atoms with Gasteiger partial charge in [-0.15, -0.1) is 0 Å². The van der Waals surface area contributed by atoms with Crippen LogP contribution in [0.5, 0.6) is 0 Å². The second kappa shape index (κ2) is 5.56. The number of benzene rings is 1. The van der Waals surface area contributed by atoms with Gasteiger partial charge < -0.3 is 9.64 Å². The van der Waals surface area contributed by atoms with Crippen LogP contribution in [0.25, 0.3) is 0 Å². The Morgan fingerprint density at radius 2 is 1.81 bits per heavy atom. The van der Waals surface area contributed by atoms with E-state index in [2.05, 4.69) is 4.90 Å². The van der Waals surface area contributed by atoms with Gasteiger partial charge in [0, 0.05) is 17.8 Å². The highest BCUT2D eigenvalue weighted by Gasteiger charge is 2.50. The maximum atomic E-state index is 14.5. The second-order valence-electron chi connectivity index (χ2n) is 6.27. The number of halogens is 2. The third kappa shape index (κ3) is 2.54. The molecule has 0 aromatic heterocycles. The molecule has 1 spiro atoms. The molecule has 0 radical (unpaired) electrons. The molecule has 0 unspecified atom stereocenters. The lowest BCUT2D eigenvalue weighted by Gasteiger charge is -2.38. The van der Waals surface area contributed by atoms with Crippen LogP contribution in [0, 0.1) is 11.6 Å². The first kappa shape index (κ1) is 14.8. The molecule has 0 bridgehead atoms. The summed E-state index contributed by atoms with van der Waals surface area (Å²) in [5.74, 6) is -0.847. The van der Waals surface area contributed by atoms with Gasteiger partial charge >= 0.3 is 0 Å². The minimum Gasteiger partial charge on any atom is -0.377 e. The number of hydrogen-bond acceptors (Lipinski definition) is 2. The minimum atomic E-state index is -0.402. The van der Waals surface area contributed by atoms with Gasteiger partial charge in [-0.05, 0) is 43.7 Å². The van der Waals surface area contributed by atoms with Crippen molar-refractivity contribution in [3.05, 3.63) is 29.3 Å². The molecule has 0 atom stereocenters. The maximum Gasteiger partial charge on any atom is 0.131 e. The number of anilines is 1. The Kier molecular flexibility index (Phi) is 3.91.